The van der Waals surface area contributed by atoms with E-state index < -0.39 is 11.7 Å². The number of aromatic nitrogens is 4. The van der Waals surface area contributed by atoms with Crippen molar-refractivity contribution in [2.75, 3.05) is 24.2 Å². The summed E-state index contributed by atoms with van der Waals surface area (Å²) >= 11 is 1.63. The summed E-state index contributed by atoms with van der Waals surface area (Å²) in [7, 11) is 0. The Kier molecular flexibility index (Phi) is 7.78. The average Bonchev–Trinajstić information content (AvgIpc) is 3.45. The number of benzene rings is 2. The molecule has 0 aliphatic carbocycles. The lowest BCUT2D eigenvalue weighted by Crippen LogP contribution is -2.38. The SMILES string of the molecule is CCSc1cccnc1C(=O)N1CCC(c2ccc(NC(=O)c3ncn(-c4cccc(F)c4)n3)cc2)CC1. The smallest absolute Gasteiger partial charge is 0.295 e. The molecular weight excluding hydrogens is 503 g/mol. The Bertz CT molecular complexity index is 1430. The highest BCUT2D eigenvalue weighted by molar-refractivity contribution is 7.99. The number of carbonyl (C=O) groups excluding carboxylic acids is 2. The zero-order valence-electron chi connectivity index (χ0n) is 20.9. The summed E-state index contributed by atoms with van der Waals surface area (Å²) in [6, 6.07) is 17.4. The summed E-state index contributed by atoms with van der Waals surface area (Å²) in [6.45, 7) is 3.41. The van der Waals surface area contributed by atoms with Crippen molar-refractivity contribution in [3.8, 4) is 5.69 Å². The molecule has 0 spiro atoms. The van der Waals surface area contributed by atoms with E-state index >= 15 is 0 Å². The van der Waals surface area contributed by atoms with Crippen LogP contribution >= 0.6 is 11.8 Å². The minimum atomic E-state index is -0.449. The zero-order valence-corrected chi connectivity index (χ0v) is 21.7. The second-order valence-corrected chi connectivity index (χ2v) is 10.2. The quantitative estimate of drug-likeness (QED) is 0.331. The molecule has 194 valence electrons. The number of halogens is 1. The van der Waals surface area contributed by atoms with Crippen molar-refractivity contribution in [1.82, 2.24) is 24.6 Å². The number of thioether (sulfide) groups is 1. The molecule has 1 saturated heterocycles. The van der Waals surface area contributed by atoms with E-state index in [4.69, 9.17) is 0 Å². The number of nitrogens with zero attached hydrogens (tertiary/aromatic N) is 5. The van der Waals surface area contributed by atoms with Crippen molar-refractivity contribution in [2.45, 2.75) is 30.6 Å². The number of likely N-dealkylation sites (tertiary alicyclic amines) is 1. The lowest BCUT2D eigenvalue weighted by Gasteiger charge is -2.32. The minimum Gasteiger partial charge on any atom is -0.337 e. The van der Waals surface area contributed by atoms with E-state index in [-0.39, 0.29) is 11.7 Å². The Labute approximate surface area is 224 Å². The number of nitrogens with one attached hydrogen (secondary N) is 1. The van der Waals surface area contributed by atoms with E-state index in [2.05, 4.69) is 27.3 Å². The number of hydrogen-bond acceptors (Lipinski definition) is 6. The summed E-state index contributed by atoms with van der Waals surface area (Å²) < 4.78 is 14.8. The molecule has 0 atom stereocenters. The van der Waals surface area contributed by atoms with Crippen molar-refractivity contribution < 1.29 is 14.0 Å². The lowest BCUT2D eigenvalue weighted by molar-refractivity contribution is 0.0703. The van der Waals surface area contributed by atoms with Gasteiger partial charge in [-0.05, 0) is 72.5 Å². The highest BCUT2D eigenvalue weighted by Gasteiger charge is 2.26. The van der Waals surface area contributed by atoms with Gasteiger partial charge in [-0.25, -0.2) is 19.0 Å². The maximum Gasteiger partial charge on any atom is 0.295 e. The molecule has 1 N–H and O–H groups in total. The third-order valence-electron chi connectivity index (χ3n) is 6.46. The summed E-state index contributed by atoms with van der Waals surface area (Å²) in [5.41, 5.74) is 2.82. The van der Waals surface area contributed by atoms with Gasteiger partial charge in [-0.1, -0.05) is 25.1 Å². The molecule has 0 saturated carbocycles. The van der Waals surface area contributed by atoms with Crippen LogP contribution in [0.4, 0.5) is 10.1 Å². The molecule has 3 heterocycles. The van der Waals surface area contributed by atoms with Crippen molar-refractivity contribution in [2.24, 2.45) is 0 Å². The molecule has 0 bridgehead atoms. The number of anilines is 1. The Hall–Kier alpha value is -4.05. The first-order chi connectivity index (χ1) is 18.5. The Morgan fingerprint density at radius 1 is 1.05 bits per heavy atom. The highest BCUT2D eigenvalue weighted by Crippen LogP contribution is 2.30. The van der Waals surface area contributed by atoms with Crippen LogP contribution < -0.4 is 5.32 Å². The third kappa shape index (κ3) is 5.75. The van der Waals surface area contributed by atoms with Gasteiger partial charge in [0.1, 0.15) is 17.8 Å². The van der Waals surface area contributed by atoms with E-state index in [1.165, 1.54) is 28.7 Å². The summed E-state index contributed by atoms with van der Waals surface area (Å²) in [5.74, 6) is 0.361. The van der Waals surface area contributed by atoms with Gasteiger partial charge in [0.05, 0.1) is 5.69 Å². The standard InChI is InChI=1S/C28H27FN6O2S/c1-2-38-24-7-4-14-30-25(24)28(37)34-15-12-20(13-16-34)19-8-10-22(11-9-19)32-27(36)26-31-18-35(33-26)23-6-3-5-21(29)17-23/h3-11,14,17-18,20H,2,12-13,15-16H2,1H3,(H,32,36). The van der Waals surface area contributed by atoms with Crippen LogP contribution in [0.15, 0.2) is 78.1 Å². The molecule has 5 rings (SSSR count). The molecule has 8 nitrogen and oxygen atoms in total. The largest absolute Gasteiger partial charge is 0.337 e. The number of amides is 2. The number of rotatable bonds is 7. The molecule has 2 amide bonds. The van der Waals surface area contributed by atoms with E-state index in [0.717, 1.165) is 23.5 Å². The molecule has 4 aromatic rings. The van der Waals surface area contributed by atoms with E-state index in [1.54, 1.807) is 30.1 Å². The summed E-state index contributed by atoms with van der Waals surface area (Å²) in [5, 5.41) is 6.96. The molecule has 1 aliphatic heterocycles. The third-order valence-corrected chi connectivity index (χ3v) is 7.39. The number of pyridine rings is 1. The lowest BCUT2D eigenvalue weighted by atomic mass is 9.89. The molecular formula is C28H27FN6O2S. The topological polar surface area (TPSA) is 93.0 Å². The Morgan fingerprint density at radius 2 is 1.84 bits per heavy atom. The monoisotopic (exact) mass is 530 g/mol. The van der Waals surface area contributed by atoms with Crippen molar-refractivity contribution in [3.05, 3.63) is 96.1 Å². The van der Waals surface area contributed by atoms with Gasteiger partial charge in [-0.15, -0.1) is 16.9 Å². The molecule has 0 radical (unpaired) electrons. The second kappa shape index (κ2) is 11.6. The Balaban J connectivity index is 1.17. The average molecular weight is 531 g/mol. The van der Waals surface area contributed by atoms with Crippen molar-refractivity contribution in [1.29, 1.82) is 0 Å². The van der Waals surface area contributed by atoms with Gasteiger partial charge in [0.2, 0.25) is 5.82 Å². The van der Waals surface area contributed by atoms with Gasteiger partial charge in [0, 0.05) is 29.9 Å². The Morgan fingerprint density at radius 3 is 2.58 bits per heavy atom. The van der Waals surface area contributed by atoms with Gasteiger partial charge in [0.15, 0.2) is 0 Å². The normalized spacial score (nSPS) is 13.9. The van der Waals surface area contributed by atoms with Gasteiger partial charge < -0.3 is 10.2 Å². The van der Waals surface area contributed by atoms with Gasteiger partial charge in [0.25, 0.3) is 11.8 Å². The molecule has 0 unspecified atom stereocenters. The summed E-state index contributed by atoms with van der Waals surface area (Å²) in [4.78, 5) is 36.9. The van der Waals surface area contributed by atoms with Crippen LogP contribution in [0.25, 0.3) is 5.69 Å². The predicted octanol–water partition coefficient (Wildman–Crippen LogP) is 5.19. The maximum atomic E-state index is 13.5. The molecule has 1 fully saturated rings. The second-order valence-electron chi connectivity index (χ2n) is 8.92. The van der Waals surface area contributed by atoms with E-state index in [0.29, 0.717) is 36.1 Å². The molecule has 2 aromatic carbocycles. The molecule has 1 aliphatic rings. The first kappa shape index (κ1) is 25.6. The van der Waals surface area contributed by atoms with Crippen molar-refractivity contribution >= 4 is 29.3 Å². The zero-order chi connectivity index (χ0) is 26.5. The van der Waals surface area contributed by atoms with Crippen LogP contribution in [0.1, 0.15) is 52.4 Å². The van der Waals surface area contributed by atoms with Gasteiger partial charge in [-0.2, -0.15) is 0 Å². The van der Waals surface area contributed by atoms with Gasteiger partial charge >= 0.3 is 0 Å². The van der Waals surface area contributed by atoms with Crippen LogP contribution in [0.3, 0.4) is 0 Å². The van der Waals surface area contributed by atoms with Crippen LogP contribution in [0.2, 0.25) is 0 Å². The molecule has 2 aromatic heterocycles. The number of hydrogen-bond donors (Lipinski definition) is 1. The first-order valence-electron chi connectivity index (χ1n) is 12.5. The van der Waals surface area contributed by atoms with Crippen LogP contribution in [0.5, 0.6) is 0 Å². The van der Waals surface area contributed by atoms with E-state index in [9.17, 15) is 14.0 Å². The minimum absolute atomic E-state index is 0.00786. The highest BCUT2D eigenvalue weighted by atomic mass is 32.2. The van der Waals surface area contributed by atoms with E-state index in [1.807, 2.05) is 41.3 Å². The van der Waals surface area contributed by atoms with Crippen LogP contribution in [-0.2, 0) is 0 Å². The maximum absolute atomic E-state index is 13.5. The number of carbonyl (C=O) groups is 2. The number of piperidine rings is 1. The molecule has 38 heavy (non-hydrogen) atoms. The van der Waals surface area contributed by atoms with Crippen LogP contribution in [0, 0.1) is 5.82 Å². The van der Waals surface area contributed by atoms with Gasteiger partial charge in [-0.3, -0.25) is 9.59 Å². The van der Waals surface area contributed by atoms with Crippen molar-refractivity contribution in [3.63, 3.8) is 0 Å². The molecule has 10 heteroatoms. The summed E-state index contributed by atoms with van der Waals surface area (Å²) in [6.07, 6.45) is 4.78. The predicted molar refractivity (Wildman–Crippen MR) is 144 cm³/mol. The fourth-order valence-electron chi connectivity index (χ4n) is 4.52. The first-order valence-corrected chi connectivity index (χ1v) is 13.5. The fourth-order valence-corrected chi connectivity index (χ4v) is 5.29. The van der Waals surface area contributed by atoms with Crippen LogP contribution in [-0.4, -0.2) is 55.3 Å². The fraction of sp³-hybridized carbons (Fsp3) is 0.250.